The van der Waals surface area contributed by atoms with Crippen molar-refractivity contribution in [2.75, 3.05) is 56.5 Å². The van der Waals surface area contributed by atoms with Gasteiger partial charge in [-0.25, -0.2) is 12.8 Å². The Morgan fingerprint density at radius 2 is 1.94 bits per heavy atom. The van der Waals surface area contributed by atoms with E-state index in [-0.39, 0.29) is 41.0 Å². The van der Waals surface area contributed by atoms with Crippen molar-refractivity contribution in [1.82, 2.24) is 14.8 Å². The summed E-state index contributed by atoms with van der Waals surface area (Å²) in [6.45, 7) is 3.58. The molecule has 0 spiro atoms. The number of alkyl halides is 1. The van der Waals surface area contributed by atoms with Gasteiger partial charge in [0.2, 0.25) is 10.0 Å². The number of sulfonamides is 1. The number of aromatic hydroxyl groups is 1. The second kappa shape index (κ2) is 10.1. The number of phenols is 1. The maximum Gasteiger partial charge on any atom is 0.258 e. The first-order valence-electron chi connectivity index (χ1n) is 12.6. The number of ether oxygens (including phenoxy) is 1. The Hall–Kier alpha value is -2.50. The highest BCUT2D eigenvalue weighted by atomic mass is 32.2. The van der Waals surface area contributed by atoms with Crippen molar-refractivity contribution >= 4 is 32.5 Å². The van der Waals surface area contributed by atoms with Crippen LogP contribution in [0.5, 0.6) is 5.75 Å². The molecule has 0 atom stereocenters. The molecule has 1 aromatic carbocycles. The second-order valence-corrected chi connectivity index (χ2v) is 12.1. The molecule has 11 heteroatoms. The molecule has 3 heterocycles. The molecule has 2 aromatic rings. The van der Waals surface area contributed by atoms with Gasteiger partial charge in [-0.15, -0.1) is 0 Å². The van der Waals surface area contributed by atoms with Crippen LogP contribution in [0.2, 0.25) is 0 Å². The van der Waals surface area contributed by atoms with E-state index in [2.05, 4.69) is 9.88 Å². The summed E-state index contributed by atoms with van der Waals surface area (Å²) in [4.78, 5) is 21.4. The number of halogens is 1. The smallest absolute Gasteiger partial charge is 0.258 e. The van der Waals surface area contributed by atoms with Crippen LogP contribution in [0.1, 0.15) is 41.6 Å². The van der Waals surface area contributed by atoms with E-state index >= 15 is 0 Å². The van der Waals surface area contributed by atoms with Crippen LogP contribution in [0.3, 0.4) is 0 Å². The van der Waals surface area contributed by atoms with E-state index in [0.29, 0.717) is 81.7 Å². The van der Waals surface area contributed by atoms with Crippen LogP contribution in [0, 0.1) is 5.92 Å². The highest BCUT2D eigenvalue weighted by Gasteiger charge is 2.38. The number of anilines is 1. The standard InChI is InChI=1S/C25H33FN4O5S/c1-28(36(33,34)14-11-29-9-12-35-13-10-29)23-19-3-2-8-27-22(19)24(31)21-20(23)16-30(25(21)32)15-17-4-6-18(26)7-5-17/h2-3,8,17-18,31H,4-7,9-16H2,1H3. The number of hydrogen-bond donors (Lipinski definition) is 1. The van der Waals surface area contributed by atoms with Crippen molar-refractivity contribution in [2.45, 2.75) is 38.4 Å². The Labute approximate surface area is 210 Å². The van der Waals surface area contributed by atoms with Crippen LogP contribution in [0.15, 0.2) is 18.3 Å². The number of benzene rings is 1. The average molecular weight is 521 g/mol. The Morgan fingerprint density at radius 3 is 2.67 bits per heavy atom. The molecule has 1 saturated heterocycles. The molecule has 1 aliphatic carbocycles. The number of aromatic nitrogens is 1. The van der Waals surface area contributed by atoms with E-state index in [4.69, 9.17) is 4.74 Å². The molecule has 2 fully saturated rings. The zero-order valence-electron chi connectivity index (χ0n) is 20.5. The quantitative estimate of drug-likeness (QED) is 0.598. The van der Waals surface area contributed by atoms with E-state index < -0.39 is 16.2 Å². The molecule has 0 unspecified atom stereocenters. The van der Waals surface area contributed by atoms with Gasteiger partial charge in [-0.2, -0.15) is 0 Å². The summed E-state index contributed by atoms with van der Waals surface area (Å²) in [5.74, 6) is -0.449. The molecular weight excluding hydrogens is 487 g/mol. The van der Waals surface area contributed by atoms with Gasteiger partial charge >= 0.3 is 0 Å². The summed E-state index contributed by atoms with van der Waals surface area (Å²) in [6.07, 6.45) is 3.13. The molecule has 9 nitrogen and oxygen atoms in total. The maximum absolute atomic E-state index is 13.6. The number of phenolic OH excluding ortho intramolecular Hbond substituents is 1. The minimum absolute atomic E-state index is 0.0783. The third-order valence-electron chi connectivity index (χ3n) is 7.72. The van der Waals surface area contributed by atoms with E-state index in [9.17, 15) is 22.7 Å². The maximum atomic E-state index is 13.6. The Balaban J connectivity index is 1.47. The minimum atomic E-state index is -3.74. The number of carbonyl (C=O) groups is 1. The third kappa shape index (κ3) is 4.76. The predicted octanol–water partition coefficient (Wildman–Crippen LogP) is 2.52. The van der Waals surface area contributed by atoms with Gasteiger partial charge in [0.25, 0.3) is 5.91 Å². The van der Waals surface area contributed by atoms with E-state index in [0.717, 1.165) is 0 Å². The molecule has 1 aromatic heterocycles. The van der Waals surface area contributed by atoms with Gasteiger partial charge in [-0.3, -0.25) is 19.0 Å². The fourth-order valence-electron chi connectivity index (χ4n) is 5.60. The molecular formula is C25H33FN4O5S. The lowest BCUT2D eigenvalue weighted by Crippen LogP contribution is -2.41. The van der Waals surface area contributed by atoms with Crippen molar-refractivity contribution in [3.63, 3.8) is 0 Å². The highest BCUT2D eigenvalue weighted by Crippen LogP contribution is 2.44. The average Bonchev–Trinajstić information content (AvgIpc) is 3.20. The van der Waals surface area contributed by atoms with Gasteiger partial charge in [-0.1, -0.05) is 0 Å². The molecule has 0 bridgehead atoms. The number of morpholine rings is 1. The summed E-state index contributed by atoms with van der Waals surface area (Å²) >= 11 is 0. The van der Waals surface area contributed by atoms with Gasteiger partial charge in [0.1, 0.15) is 11.7 Å². The first-order valence-corrected chi connectivity index (χ1v) is 14.2. The van der Waals surface area contributed by atoms with Gasteiger partial charge in [0.05, 0.1) is 30.2 Å². The molecule has 1 N–H and O–H groups in total. The van der Waals surface area contributed by atoms with E-state index in [1.54, 1.807) is 17.0 Å². The van der Waals surface area contributed by atoms with Gasteiger partial charge in [-0.05, 0) is 43.7 Å². The molecule has 36 heavy (non-hydrogen) atoms. The highest BCUT2D eigenvalue weighted by molar-refractivity contribution is 7.92. The zero-order valence-corrected chi connectivity index (χ0v) is 21.3. The van der Waals surface area contributed by atoms with Crippen molar-refractivity contribution in [3.8, 4) is 5.75 Å². The Kier molecular flexibility index (Phi) is 7.06. The molecule has 2 aliphatic heterocycles. The number of hydrogen-bond acceptors (Lipinski definition) is 7. The van der Waals surface area contributed by atoms with Crippen molar-refractivity contribution in [3.05, 3.63) is 29.5 Å². The van der Waals surface area contributed by atoms with Gasteiger partial charge < -0.3 is 14.7 Å². The first kappa shape index (κ1) is 25.2. The molecule has 1 saturated carbocycles. The molecule has 1 amide bonds. The van der Waals surface area contributed by atoms with Crippen molar-refractivity contribution in [2.24, 2.45) is 5.92 Å². The minimum Gasteiger partial charge on any atom is -0.505 e. The number of nitrogens with zero attached hydrogens (tertiary/aromatic N) is 4. The largest absolute Gasteiger partial charge is 0.505 e. The SMILES string of the molecule is CN(c1c2c(c(O)c3ncccc13)C(=O)N(CC1CCC(F)CC1)C2)S(=O)(=O)CCN1CCOCC1. The van der Waals surface area contributed by atoms with Crippen LogP contribution < -0.4 is 4.31 Å². The normalized spacial score (nSPS) is 23.3. The fourth-order valence-corrected chi connectivity index (χ4v) is 6.85. The van der Waals surface area contributed by atoms with E-state index in [1.165, 1.54) is 17.5 Å². The topological polar surface area (TPSA) is 103 Å². The van der Waals surface area contributed by atoms with Crippen LogP contribution in [0.4, 0.5) is 10.1 Å². The fraction of sp³-hybridized carbons (Fsp3) is 0.600. The summed E-state index contributed by atoms with van der Waals surface area (Å²) in [5, 5.41) is 11.5. The van der Waals surface area contributed by atoms with Crippen LogP contribution in [0.25, 0.3) is 10.9 Å². The van der Waals surface area contributed by atoms with Crippen LogP contribution in [-0.2, 0) is 21.3 Å². The third-order valence-corrected chi connectivity index (χ3v) is 9.43. The van der Waals surface area contributed by atoms with Crippen molar-refractivity contribution < 1.29 is 27.4 Å². The molecule has 3 aliphatic rings. The number of amides is 1. The number of carbonyl (C=O) groups excluding carboxylic acids is 1. The van der Waals surface area contributed by atoms with Gasteiger partial charge in [0.15, 0.2) is 5.75 Å². The van der Waals surface area contributed by atoms with Gasteiger partial charge in [0, 0.05) is 56.9 Å². The summed E-state index contributed by atoms with van der Waals surface area (Å²) < 4.78 is 47.1. The molecule has 5 rings (SSSR count). The second-order valence-electron chi connectivity index (χ2n) is 9.99. The predicted molar refractivity (Wildman–Crippen MR) is 134 cm³/mol. The number of fused-ring (bicyclic) bond motifs is 2. The van der Waals surface area contributed by atoms with Crippen LogP contribution >= 0.6 is 0 Å². The van der Waals surface area contributed by atoms with Crippen molar-refractivity contribution in [1.29, 1.82) is 0 Å². The summed E-state index contributed by atoms with van der Waals surface area (Å²) in [5.41, 5.74) is 1.20. The Bertz CT molecular complexity index is 1240. The monoisotopic (exact) mass is 520 g/mol. The molecule has 196 valence electrons. The Morgan fingerprint density at radius 1 is 1.22 bits per heavy atom. The zero-order chi connectivity index (χ0) is 25.4. The first-order chi connectivity index (χ1) is 17.3. The number of rotatable bonds is 7. The number of pyridine rings is 1. The summed E-state index contributed by atoms with van der Waals surface area (Å²) in [6, 6.07) is 3.41. The lowest BCUT2D eigenvalue weighted by atomic mass is 9.88. The van der Waals surface area contributed by atoms with E-state index in [1.807, 2.05) is 0 Å². The lowest BCUT2D eigenvalue weighted by molar-refractivity contribution is 0.0408. The molecule has 0 radical (unpaired) electrons. The lowest BCUT2D eigenvalue weighted by Gasteiger charge is -2.29. The van der Waals surface area contributed by atoms with Crippen LogP contribution in [-0.4, -0.2) is 92.6 Å². The summed E-state index contributed by atoms with van der Waals surface area (Å²) in [7, 11) is -2.23.